The molecule has 1 aliphatic carbocycles. The first-order valence-corrected chi connectivity index (χ1v) is 6.93. The Labute approximate surface area is 117 Å². The highest BCUT2D eigenvalue weighted by atomic mass is 15.3. The van der Waals surface area contributed by atoms with Gasteiger partial charge in [0.2, 0.25) is 0 Å². The fraction of sp³-hybridized carbons (Fsp3) is 0.250. The van der Waals surface area contributed by atoms with E-state index in [1.165, 1.54) is 18.5 Å². The molecule has 2 aromatic heterocycles. The van der Waals surface area contributed by atoms with Crippen molar-refractivity contribution in [2.45, 2.75) is 25.7 Å². The second-order valence-corrected chi connectivity index (χ2v) is 5.52. The minimum atomic E-state index is 0.663. The first-order chi connectivity index (χ1) is 9.70. The van der Waals surface area contributed by atoms with E-state index in [4.69, 9.17) is 10.8 Å². The Balaban J connectivity index is 1.94. The van der Waals surface area contributed by atoms with Gasteiger partial charge in [0, 0.05) is 28.9 Å². The number of nitrogens with zero attached hydrogens (tertiary/aromatic N) is 3. The van der Waals surface area contributed by atoms with E-state index in [2.05, 4.69) is 17.1 Å². The van der Waals surface area contributed by atoms with E-state index >= 15 is 0 Å². The van der Waals surface area contributed by atoms with Gasteiger partial charge in [0.05, 0.1) is 16.9 Å². The molecule has 1 aliphatic rings. The monoisotopic (exact) mass is 264 g/mol. The molecule has 0 radical (unpaired) electrons. The first-order valence-electron chi connectivity index (χ1n) is 6.93. The van der Waals surface area contributed by atoms with Gasteiger partial charge in [-0.25, -0.2) is 4.68 Å². The Morgan fingerprint density at radius 1 is 1.20 bits per heavy atom. The summed E-state index contributed by atoms with van der Waals surface area (Å²) >= 11 is 0. The van der Waals surface area contributed by atoms with Crippen molar-refractivity contribution in [3.8, 4) is 5.69 Å². The van der Waals surface area contributed by atoms with E-state index < -0.39 is 0 Å². The lowest BCUT2D eigenvalue weighted by atomic mass is 10.1. The van der Waals surface area contributed by atoms with E-state index in [-0.39, 0.29) is 0 Å². The van der Waals surface area contributed by atoms with Crippen molar-refractivity contribution in [1.82, 2.24) is 14.8 Å². The van der Waals surface area contributed by atoms with Crippen LogP contribution in [0.2, 0.25) is 0 Å². The van der Waals surface area contributed by atoms with Crippen LogP contribution in [0.3, 0.4) is 0 Å². The summed E-state index contributed by atoms with van der Waals surface area (Å²) in [5.74, 6) is 0.663. The van der Waals surface area contributed by atoms with E-state index in [1.807, 2.05) is 36.0 Å². The van der Waals surface area contributed by atoms with Crippen LogP contribution in [0, 0.1) is 6.92 Å². The Hall–Kier alpha value is -2.36. The van der Waals surface area contributed by atoms with Crippen LogP contribution in [0.15, 0.2) is 36.5 Å². The van der Waals surface area contributed by atoms with Crippen LogP contribution in [-0.4, -0.2) is 14.8 Å². The summed E-state index contributed by atoms with van der Waals surface area (Å²) in [6.45, 7) is 2.00. The molecule has 3 aromatic rings. The molecule has 0 bridgehead atoms. The SMILES string of the molecule is Cc1cc(-n2ccc(C3CC3)n2)c2cc(N)ccc2n1. The maximum atomic E-state index is 5.91. The quantitative estimate of drug-likeness (QED) is 0.723. The van der Waals surface area contributed by atoms with Crippen molar-refractivity contribution < 1.29 is 0 Å². The minimum Gasteiger partial charge on any atom is -0.399 e. The molecule has 4 nitrogen and oxygen atoms in total. The summed E-state index contributed by atoms with van der Waals surface area (Å²) in [5, 5.41) is 5.75. The predicted molar refractivity (Wildman–Crippen MR) is 80.0 cm³/mol. The summed E-state index contributed by atoms with van der Waals surface area (Å²) in [7, 11) is 0. The molecule has 2 N–H and O–H groups in total. The smallest absolute Gasteiger partial charge is 0.0758 e. The van der Waals surface area contributed by atoms with Crippen LogP contribution in [0.25, 0.3) is 16.6 Å². The summed E-state index contributed by atoms with van der Waals surface area (Å²) < 4.78 is 1.95. The summed E-state index contributed by atoms with van der Waals surface area (Å²) in [4.78, 5) is 4.56. The molecule has 1 aromatic carbocycles. The predicted octanol–water partition coefficient (Wildman–Crippen LogP) is 3.19. The van der Waals surface area contributed by atoms with Crippen LogP contribution in [0.1, 0.15) is 30.1 Å². The van der Waals surface area contributed by atoms with Gasteiger partial charge in [-0.3, -0.25) is 4.98 Å². The molecule has 4 heteroatoms. The third kappa shape index (κ3) is 1.84. The van der Waals surface area contributed by atoms with Gasteiger partial charge in [-0.05, 0) is 50.1 Å². The number of hydrogen-bond acceptors (Lipinski definition) is 3. The fourth-order valence-electron chi connectivity index (χ4n) is 2.61. The second kappa shape index (κ2) is 4.07. The van der Waals surface area contributed by atoms with E-state index in [0.717, 1.165) is 28.0 Å². The number of nitrogens with two attached hydrogens (primary N) is 1. The number of aromatic nitrogens is 3. The van der Waals surface area contributed by atoms with Crippen molar-refractivity contribution in [2.75, 3.05) is 5.73 Å². The zero-order chi connectivity index (χ0) is 13.7. The number of aryl methyl sites for hydroxylation is 1. The molecule has 100 valence electrons. The lowest BCUT2D eigenvalue weighted by molar-refractivity contribution is 0.840. The molecule has 0 atom stereocenters. The standard InChI is InChI=1S/C16H16N4/c1-10-8-16(13-9-12(17)4-5-15(13)18-10)20-7-6-14(19-20)11-2-3-11/h4-9,11H,2-3,17H2,1H3. The average molecular weight is 264 g/mol. The highest BCUT2D eigenvalue weighted by Gasteiger charge is 2.26. The third-order valence-electron chi connectivity index (χ3n) is 3.79. The van der Waals surface area contributed by atoms with Gasteiger partial charge >= 0.3 is 0 Å². The zero-order valence-corrected chi connectivity index (χ0v) is 11.4. The van der Waals surface area contributed by atoms with Gasteiger partial charge < -0.3 is 5.73 Å². The molecule has 0 saturated heterocycles. The lowest BCUT2D eigenvalue weighted by Crippen LogP contribution is -2.00. The number of benzene rings is 1. The molecule has 1 fully saturated rings. The van der Waals surface area contributed by atoms with E-state index in [1.54, 1.807) is 0 Å². The summed E-state index contributed by atoms with van der Waals surface area (Å²) in [5.41, 5.74) is 10.8. The Morgan fingerprint density at radius 3 is 2.85 bits per heavy atom. The number of hydrogen-bond donors (Lipinski definition) is 1. The van der Waals surface area contributed by atoms with Crippen molar-refractivity contribution in [3.05, 3.63) is 47.9 Å². The number of fused-ring (bicyclic) bond motifs is 1. The molecule has 0 spiro atoms. The zero-order valence-electron chi connectivity index (χ0n) is 11.4. The van der Waals surface area contributed by atoms with Crippen molar-refractivity contribution in [3.63, 3.8) is 0 Å². The molecule has 0 unspecified atom stereocenters. The van der Waals surface area contributed by atoms with Gasteiger partial charge in [-0.15, -0.1) is 0 Å². The van der Waals surface area contributed by atoms with Gasteiger partial charge in [-0.2, -0.15) is 5.10 Å². The molecular formula is C16H16N4. The third-order valence-corrected chi connectivity index (χ3v) is 3.79. The van der Waals surface area contributed by atoms with E-state index in [0.29, 0.717) is 5.92 Å². The van der Waals surface area contributed by atoms with Crippen LogP contribution in [0.5, 0.6) is 0 Å². The molecule has 4 rings (SSSR count). The number of nitrogen functional groups attached to an aromatic ring is 1. The lowest BCUT2D eigenvalue weighted by Gasteiger charge is -2.08. The normalized spacial score (nSPS) is 14.8. The maximum absolute atomic E-state index is 5.91. The maximum Gasteiger partial charge on any atom is 0.0758 e. The largest absolute Gasteiger partial charge is 0.399 e. The van der Waals surface area contributed by atoms with Gasteiger partial charge in [0.25, 0.3) is 0 Å². The van der Waals surface area contributed by atoms with Gasteiger partial charge in [-0.1, -0.05) is 0 Å². The number of rotatable bonds is 2. The van der Waals surface area contributed by atoms with Gasteiger partial charge in [0.15, 0.2) is 0 Å². The van der Waals surface area contributed by atoms with Crippen LogP contribution in [-0.2, 0) is 0 Å². The van der Waals surface area contributed by atoms with Crippen molar-refractivity contribution >= 4 is 16.6 Å². The number of pyridine rings is 1. The summed E-state index contributed by atoms with van der Waals surface area (Å²) in [6.07, 6.45) is 4.56. The number of anilines is 1. The van der Waals surface area contributed by atoms with Crippen molar-refractivity contribution in [1.29, 1.82) is 0 Å². The van der Waals surface area contributed by atoms with E-state index in [9.17, 15) is 0 Å². The molecule has 20 heavy (non-hydrogen) atoms. The fourth-order valence-corrected chi connectivity index (χ4v) is 2.61. The van der Waals surface area contributed by atoms with Crippen LogP contribution in [0.4, 0.5) is 5.69 Å². The molecular weight excluding hydrogens is 248 g/mol. The highest BCUT2D eigenvalue weighted by Crippen LogP contribution is 2.39. The Bertz CT molecular complexity index is 799. The van der Waals surface area contributed by atoms with Crippen LogP contribution < -0.4 is 5.73 Å². The molecule has 0 amide bonds. The van der Waals surface area contributed by atoms with Crippen LogP contribution >= 0.6 is 0 Å². The van der Waals surface area contributed by atoms with Gasteiger partial charge in [0.1, 0.15) is 0 Å². The highest BCUT2D eigenvalue weighted by molar-refractivity contribution is 5.89. The molecule has 2 heterocycles. The summed E-state index contributed by atoms with van der Waals surface area (Å²) in [6, 6.07) is 10.00. The Morgan fingerprint density at radius 2 is 2.05 bits per heavy atom. The topological polar surface area (TPSA) is 56.7 Å². The Kier molecular flexibility index (Phi) is 2.33. The molecule has 0 aliphatic heterocycles. The minimum absolute atomic E-state index is 0.663. The average Bonchev–Trinajstić information content (AvgIpc) is 3.16. The second-order valence-electron chi connectivity index (χ2n) is 5.52. The molecule has 1 saturated carbocycles. The van der Waals surface area contributed by atoms with Crippen molar-refractivity contribution in [2.24, 2.45) is 0 Å². The first kappa shape index (κ1) is 11.5.